The second kappa shape index (κ2) is 6.79. The molecule has 3 aromatic rings. The predicted octanol–water partition coefficient (Wildman–Crippen LogP) is 4.00. The molecule has 2 aromatic heterocycles. The van der Waals surface area contributed by atoms with Gasteiger partial charge in [-0.25, -0.2) is 15.0 Å². The first-order valence-corrected chi connectivity index (χ1v) is 7.79. The zero-order chi connectivity index (χ0) is 16.2. The number of anilines is 1. The molecule has 0 saturated heterocycles. The summed E-state index contributed by atoms with van der Waals surface area (Å²) in [5, 5.41) is 4.95. The number of fused-ring (bicyclic) bond motifs is 1. The van der Waals surface area contributed by atoms with Gasteiger partial charge in [-0.3, -0.25) is 0 Å². The van der Waals surface area contributed by atoms with Gasteiger partial charge in [-0.05, 0) is 31.5 Å². The molecule has 0 aliphatic heterocycles. The van der Waals surface area contributed by atoms with Crippen LogP contribution < -0.4 is 10.1 Å². The van der Waals surface area contributed by atoms with Crippen molar-refractivity contribution < 1.29 is 4.74 Å². The maximum Gasteiger partial charge on any atom is 0.214 e. The molecule has 0 aliphatic carbocycles. The van der Waals surface area contributed by atoms with E-state index in [9.17, 15) is 0 Å². The van der Waals surface area contributed by atoms with Crippen molar-refractivity contribution in [2.24, 2.45) is 0 Å². The first-order chi connectivity index (χ1) is 11.2. The van der Waals surface area contributed by atoms with Crippen molar-refractivity contribution in [1.29, 1.82) is 0 Å². The molecule has 0 unspecified atom stereocenters. The molecule has 1 aromatic carbocycles. The first kappa shape index (κ1) is 15.5. The number of ether oxygens (including phenoxy) is 1. The van der Waals surface area contributed by atoms with Gasteiger partial charge in [0.15, 0.2) is 0 Å². The van der Waals surface area contributed by atoms with Gasteiger partial charge < -0.3 is 10.1 Å². The summed E-state index contributed by atoms with van der Waals surface area (Å²) in [7, 11) is 0. The van der Waals surface area contributed by atoms with Gasteiger partial charge in [-0.2, -0.15) is 0 Å². The topological polar surface area (TPSA) is 59.9 Å². The largest absolute Gasteiger partial charge is 0.478 e. The zero-order valence-electron chi connectivity index (χ0n) is 13.0. The fraction of sp³-hybridized carbons (Fsp3) is 0.235. The Labute approximate surface area is 139 Å². The van der Waals surface area contributed by atoms with Crippen LogP contribution in [0.1, 0.15) is 18.3 Å². The van der Waals surface area contributed by atoms with Crippen molar-refractivity contribution in [2.75, 3.05) is 11.9 Å². The number of benzene rings is 1. The molecule has 0 radical (unpaired) electrons. The molecule has 6 heteroatoms. The number of hydrogen-bond acceptors (Lipinski definition) is 5. The third-order valence-electron chi connectivity index (χ3n) is 3.31. The number of aromatic nitrogens is 3. The molecule has 0 aliphatic rings. The zero-order valence-corrected chi connectivity index (χ0v) is 13.8. The smallest absolute Gasteiger partial charge is 0.214 e. The van der Waals surface area contributed by atoms with Crippen LogP contribution in [0.3, 0.4) is 0 Å². The van der Waals surface area contributed by atoms with Crippen molar-refractivity contribution in [3.63, 3.8) is 0 Å². The molecule has 0 spiro atoms. The van der Waals surface area contributed by atoms with Gasteiger partial charge in [0.1, 0.15) is 11.6 Å². The number of hydrogen-bond donors (Lipinski definition) is 1. The second-order valence-electron chi connectivity index (χ2n) is 5.08. The molecule has 23 heavy (non-hydrogen) atoms. The normalized spacial score (nSPS) is 10.7. The number of nitrogens with zero attached hydrogens (tertiary/aromatic N) is 3. The van der Waals surface area contributed by atoms with Gasteiger partial charge >= 0.3 is 0 Å². The lowest BCUT2D eigenvalue weighted by Gasteiger charge is -2.11. The van der Waals surface area contributed by atoms with Crippen molar-refractivity contribution in [1.82, 2.24) is 15.0 Å². The lowest BCUT2D eigenvalue weighted by atomic mass is 10.2. The van der Waals surface area contributed by atoms with E-state index in [2.05, 4.69) is 20.3 Å². The summed E-state index contributed by atoms with van der Waals surface area (Å²) in [6.07, 6.45) is 1.71. The summed E-state index contributed by atoms with van der Waals surface area (Å²) >= 11 is 6.02. The average Bonchev–Trinajstić information content (AvgIpc) is 2.53. The Balaban J connectivity index is 1.93. The van der Waals surface area contributed by atoms with E-state index in [1.807, 2.05) is 44.2 Å². The summed E-state index contributed by atoms with van der Waals surface area (Å²) in [6.45, 7) is 4.98. The van der Waals surface area contributed by atoms with E-state index in [1.165, 1.54) is 0 Å². The standard InChI is InChI=1S/C17H17ClN4O/c1-3-23-16-8-14-15(10-19-16)21-11(2)22-17(14)20-9-12-5-4-6-13(18)7-12/h4-8,10H,3,9H2,1-2H3,(H,20,21,22). The van der Waals surface area contributed by atoms with E-state index in [4.69, 9.17) is 16.3 Å². The second-order valence-corrected chi connectivity index (χ2v) is 5.51. The molecule has 118 valence electrons. The number of pyridine rings is 1. The Kier molecular flexibility index (Phi) is 4.57. The quantitative estimate of drug-likeness (QED) is 0.767. The Hall–Kier alpha value is -2.40. The third kappa shape index (κ3) is 3.68. The summed E-state index contributed by atoms with van der Waals surface area (Å²) in [5.74, 6) is 2.02. The van der Waals surface area contributed by atoms with Crippen LogP contribution in [0.2, 0.25) is 5.02 Å². The van der Waals surface area contributed by atoms with E-state index in [1.54, 1.807) is 6.20 Å². The van der Waals surface area contributed by atoms with Gasteiger partial charge in [0, 0.05) is 23.0 Å². The average molecular weight is 329 g/mol. The van der Waals surface area contributed by atoms with Crippen LogP contribution in [0.5, 0.6) is 5.88 Å². The fourth-order valence-electron chi connectivity index (χ4n) is 2.32. The number of aryl methyl sites for hydroxylation is 1. The Morgan fingerprint density at radius 2 is 2.09 bits per heavy atom. The van der Waals surface area contributed by atoms with E-state index < -0.39 is 0 Å². The molecule has 0 amide bonds. The number of nitrogens with one attached hydrogen (secondary N) is 1. The molecule has 3 rings (SSSR count). The monoisotopic (exact) mass is 328 g/mol. The van der Waals surface area contributed by atoms with Crippen LogP contribution in [0, 0.1) is 6.92 Å². The highest BCUT2D eigenvalue weighted by molar-refractivity contribution is 6.30. The Bertz CT molecular complexity index is 838. The minimum absolute atomic E-state index is 0.566. The van der Waals surface area contributed by atoms with Crippen LogP contribution in [-0.4, -0.2) is 21.6 Å². The molecular formula is C17H17ClN4O. The van der Waals surface area contributed by atoms with Crippen molar-refractivity contribution in [2.45, 2.75) is 20.4 Å². The van der Waals surface area contributed by atoms with E-state index in [0.717, 1.165) is 27.3 Å². The highest BCUT2D eigenvalue weighted by Crippen LogP contribution is 2.24. The van der Waals surface area contributed by atoms with Crippen molar-refractivity contribution >= 4 is 28.3 Å². The van der Waals surface area contributed by atoms with Gasteiger partial charge in [0.2, 0.25) is 5.88 Å². The van der Waals surface area contributed by atoms with Crippen LogP contribution >= 0.6 is 11.6 Å². The van der Waals surface area contributed by atoms with Crippen LogP contribution in [0.4, 0.5) is 5.82 Å². The summed E-state index contributed by atoms with van der Waals surface area (Å²) in [6, 6.07) is 9.59. The van der Waals surface area contributed by atoms with Crippen molar-refractivity contribution in [3.8, 4) is 5.88 Å². The Morgan fingerprint density at radius 1 is 1.22 bits per heavy atom. The van der Waals surface area contributed by atoms with Gasteiger partial charge in [-0.15, -0.1) is 0 Å². The maximum absolute atomic E-state index is 6.02. The molecule has 0 fully saturated rings. The molecule has 0 saturated carbocycles. The van der Waals surface area contributed by atoms with E-state index in [0.29, 0.717) is 24.9 Å². The fourth-order valence-corrected chi connectivity index (χ4v) is 2.54. The van der Waals surface area contributed by atoms with Gasteiger partial charge in [0.05, 0.1) is 18.3 Å². The Morgan fingerprint density at radius 3 is 2.87 bits per heavy atom. The van der Waals surface area contributed by atoms with Crippen LogP contribution in [0.15, 0.2) is 36.5 Å². The summed E-state index contributed by atoms with van der Waals surface area (Å²) in [5.41, 5.74) is 1.87. The third-order valence-corrected chi connectivity index (χ3v) is 3.55. The molecule has 1 N–H and O–H groups in total. The van der Waals surface area contributed by atoms with E-state index >= 15 is 0 Å². The molecule has 2 heterocycles. The first-order valence-electron chi connectivity index (χ1n) is 7.41. The molecule has 0 atom stereocenters. The minimum atomic E-state index is 0.566. The van der Waals surface area contributed by atoms with Crippen molar-refractivity contribution in [3.05, 3.63) is 52.9 Å². The van der Waals surface area contributed by atoms with Crippen LogP contribution in [-0.2, 0) is 6.54 Å². The maximum atomic E-state index is 6.02. The molecule has 0 bridgehead atoms. The SMILES string of the molecule is CCOc1cc2c(NCc3cccc(Cl)c3)nc(C)nc2cn1. The van der Waals surface area contributed by atoms with Gasteiger partial charge in [-0.1, -0.05) is 23.7 Å². The van der Waals surface area contributed by atoms with Crippen LogP contribution in [0.25, 0.3) is 10.9 Å². The van der Waals surface area contributed by atoms with Gasteiger partial charge in [0.25, 0.3) is 0 Å². The van der Waals surface area contributed by atoms with E-state index in [-0.39, 0.29) is 0 Å². The lowest BCUT2D eigenvalue weighted by Crippen LogP contribution is -2.05. The predicted molar refractivity (Wildman–Crippen MR) is 92.0 cm³/mol. The highest BCUT2D eigenvalue weighted by Gasteiger charge is 2.08. The minimum Gasteiger partial charge on any atom is -0.478 e. The summed E-state index contributed by atoms with van der Waals surface area (Å²) in [4.78, 5) is 13.2. The molecular weight excluding hydrogens is 312 g/mol. The molecule has 5 nitrogen and oxygen atoms in total. The summed E-state index contributed by atoms with van der Waals surface area (Å²) < 4.78 is 5.47. The lowest BCUT2D eigenvalue weighted by molar-refractivity contribution is 0.327. The number of rotatable bonds is 5. The highest BCUT2D eigenvalue weighted by atomic mass is 35.5. The number of halogens is 1.